The second-order valence-corrected chi connectivity index (χ2v) is 6.83. The van der Waals surface area contributed by atoms with Gasteiger partial charge in [-0.15, -0.1) is 22.7 Å². The summed E-state index contributed by atoms with van der Waals surface area (Å²) in [5, 5.41) is 6.13. The molecule has 5 nitrogen and oxygen atoms in total. The van der Waals surface area contributed by atoms with Gasteiger partial charge in [0.2, 0.25) is 0 Å². The maximum atomic E-state index is 12.4. The molecule has 0 bridgehead atoms. The van der Waals surface area contributed by atoms with Crippen LogP contribution in [0.25, 0.3) is 10.2 Å². The number of aryl methyl sites for hydroxylation is 1. The Hall–Kier alpha value is -1.73. The first-order chi connectivity index (χ1) is 10.2. The highest BCUT2D eigenvalue weighted by Crippen LogP contribution is 2.21. The second-order valence-electron chi connectivity index (χ2n) is 4.83. The summed E-state index contributed by atoms with van der Waals surface area (Å²) < 4.78 is 2.37. The van der Waals surface area contributed by atoms with E-state index in [1.165, 1.54) is 11.3 Å². The van der Waals surface area contributed by atoms with Gasteiger partial charge in [-0.3, -0.25) is 9.36 Å². The van der Waals surface area contributed by atoms with E-state index in [-0.39, 0.29) is 5.56 Å². The summed E-state index contributed by atoms with van der Waals surface area (Å²) >= 11 is 3.04. The molecule has 0 amide bonds. The molecular formula is C14H16N4OS2. The number of rotatable bonds is 5. The summed E-state index contributed by atoms with van der Waals surface area (Å²) in [7, 11) is 0. The average Bonchev–Trinajstić information content (AvgIpc) is 3.07. The number of hydrogen-bond acceptors (Lipinski definition) is 6. The van der Waals surface area contributed by atoms with Crippen molar-refractivity contribution in [3.05, 3.63) is 38.7 Å². The predicted octanol–water partition coefficient (Wildman–Crippen LogP) is 3.09. The lowest BCUT2D eigenvalue weighted by Gasteiger charge is -2.02. The van der Waals surface area contributed by atoms with Crippen molar-refractivity contribution in [2.24, 2.45) is 0 Å². The lowest BCUT2D eigenvalue weighted by atomic mass is 10.3. The molecule has 0 aliphatic carbocycles. The van der Waals surface area contributed by atoms with E-state index < -0.39 is 0 Å². The standard InChI is InChI=1S/C14H16N4OS2/c1-3-4-15-14-16-5-10(21-14)6-18-8-17-11-9(2)7-20-12(11)13(18)19/h5,7-8H,3-4,6H2,1-2H3,(H,15,16). The highest BCUT2D eigenvalue weighted by Gasteiger charge is 2.10. The maximum Gasteiger partial charge on any atom is 0.271 e. The summed E-state index contributed by atoms with van der Waals surface area (Å²) in [5.41, 5.74) is 1.90. The van der Waals surface area contributed by atoms with E-state index in [4.69, 9.17) is 0 Å². The number of nitrogens with one attached hydrogen (secondary N) is 1. The molecule has 0 aliphatic heterocycles. The van der Waals surface area contributed by atoms with Crippen molar-refractivity contribution in [1.29, 1.82) is 0 Å². The van der Waals surface area contributed by atoms with Crippen LogP contribution in [0, 0.1) is 6.92 Å². The van der Waals surface area contributed by atoms with Crippen molar-refractivity contribution >= 4 is 38.0 Å². The fourth-order valence-electron chi connectivity index (χ4n) is 2.04. The number of fused-ring (bicyclic) bond motifs is 1. The van der Waals surface area contributed by atoms with Crippen LogP contribution in [-0.4, -0.2) is 21.1 Å². The van der Waals surface area contributed by atoms with Crippen molar-refractivity contribution in [3.8, 4) is 0 Å². The molecule has 0 radical (unpaired) electrons. The van der Waals surface area contributed by atoms with E-state index in [0.29, 0.717) is 6.54 Å². The third-order valence-corrected chi connectivity index (χ3v) is 5.14. The predicted molar refractivity (Wildman–Crippen MR) is 88.6 cm³/mol. The van der Waals surface area contributed by atoms with Gasteiger partial charge in [-0.2, -0.15) is 0 Å². The minimum Gasteiger partial charge on any atom is -0.362 e. The molecule has 0 aromatic carbocycles. The van der Waals surface area contributed by atoms with Gasteiger partial charge in [-0.1, -0.05) is 6.92 Å². The average molecular weight is 320 g/mol. The zero-order valence-electron chi connectivity index (χ0n) is 11.9. The molecule has 0 unspecified atom stereocenters. The molecule has 0 aliphatic rings. The molecule has 3 heterocycles. The summed E-state index contributed by atoms with van der Waals surface area (Å²) in [6, 6.07) is 0. The first-order valence-electron chi connectivity index (χ1n) is 6.81. The Balaban J connectivity index is 1.86. The Kier molecular flexibility index (Phi) is 4.03. The molecule has 3 aromatic rings. The first-order valence-corrected chi connectivity index (χ1v) is 8.50. The van der Waals surface area contributed by atoms with Crippen LogP contribution in [0.3, 0.4) is 0 Å². The molecule has 1 N–H and O–H groups in total. The Morgan fingerprint density at radius 3 is 3.05 bits per heavy atom. The number of aromatic nitrogens is 3. The largest absolute Gasteiger partial charge is 0.362 e. The Labute approximate surface area is 130 Å². The van der Waals surface area contributed by atoms with Gasteiger partial charge in [0.25, 0.3) is 5.56 Å². The second kappa shape index (κ2) is 5.95. The minimum atomic E-state index is 0.0227. The van der Waals surface area contributed by atoms with Gasteiger partial charge in [0.1, 0.15) is 4.70 Å². The normalized spacial score (nSPS) is 11.1. The molecular weight excluding hydrogens is 304 g/mol. The van der Waals surface area contributed by atoms with Gasteiger partial charge in [0, 0.05) is 17.6 Å². The molecule has 3 rings (SSSR count). The fraction of sp³-hybridized carbons (Fsp3) is 0.357. The van der Waals surface area contributed by atoms with Crippen LogP contribution in [-0.2, 0) is 6.54 Å². The highest BCUT2D eigenvalue weighted by atomic mass is 32.1. The van der Waals surface area contributed by atoms with Crippen molar-refractivity contribution in [2.45, 2.75) is 26.8 Å². The van der Waals surface area contributed by atoms with Crippen molar-refractivity contribution < 1.29 is 0 Å². The lowest BCUT2D eigenvalue weighted by Crippen LogP contribution is -2.19. The zero-order valence-corrected chi connectivity index (χ0v) is 13.6. The Bertz CT molecular complexity index is 818. The van der Waals surface area contributed by atoms with Crippen LogP contribution in [0.15, 0.2) is 22.7 Å². The van der Waals surface area contributed by atoms with E-state index in [2.05, 4.69) is 22.2 Å². The molecule has 0 saturated heterocycles. The van der Waals surface area contributed by atoms with Crippen LogP contribution in [0.2, 0.25) is 0 Å². The smallest absolute Gasteiger partial charge is 0.271 e. The third kappa shape index (κ3) is 2.84. The van der Waals surface area contributed by atoms with Gasteiger partial charge < -0.3 is 5.32 Å². The summed E-state index contributed by atoms with van der Waals surface area (Å²) in [4.78, 5) is 22.2. The monoisotopic (exact) mass is 320 g/mol. The SMILES string of the molecule is CCCNc1ncc(Cn2cnc3c(C)csc3c2=O)s1. The van der Waals surface area contributed by atoms with Crippen LogP contribution >= 0.6 is 22.7 Å². The number of thiazole rings is 1. The van der Waals surface area contributed by atoms with Crippen molar-refractivity contribution in [3.63, 3.8) is 0 Å². The van der Waals surface area contributed by atoms with E-state index in [0.717, 1.165) is 38.8 Å². The van der Waals surface area contributed by atoms with Gasteiger partial charge in [0.15, 0.2) is 5.13 Å². The molecule has 21 heavy (non-hydrogen) atoms. The molecule has 7 heteroatoms. The zero-order chi connectivity index (χ0) is 14.8. The van der Waals surface area contributed by atoms with Crippen molar-refractivity contribution in [1.82, 2.24) is 14.5 Å². The van der Waals surface area contributed by atoms with E-state index in [1.54, 1.807) is 22.2 Å². The highest BCUT2D eigenvalue weighted by molar-refractivity contribution is 7.17. The van der Waals surface area contributed by atoms with E-state index in [1.807, 2.05) is 18.5 Å². The number of thiophene rings is 1. The number of anilines is 1. The van der Waals surface area contributed by atoms with Crippen LogP contribution in [0.4, 0.5) is 5.13 Å². The third-order valence-electron chi connectivity index (χ3n) is 3.13. The number of hydrogen-bond donors (Lipinski definition) is 1. The minimum absolute atomic E-state index is 0.0227. The molecule has 0 atom stereocenters. The Morgan fingerprint density at radius 2 is 2.24 bits per heavy atom. The van der Waals surface area contributed by atoms with Crippen molar-refractivity contribution in [2.75, 3.05) is 11.9 Å². The van der Waals surface area contributed by atoms with Gasteiger partial charge >= 0.3 is 0 Å². The van der Waals surface area contributed by atoms with Crippen LogP contribution < -0.4 is 10.9 Å². The topological polar surface area (TPSA) is 59.8 Å². The maximum absolute atomic E-state index is 12.4. The molecule has 0 fully saturated rings. The van der Waals surface area contributed by atoms with Crippen LogP contribution in [0.1, 0.15) is 23.8 Å². The molecule has 0 spiro atoms. The van der Waals surface area contributed by atoms with Gasteiger partial charge in [-0.25, -0.2) is 9.97 Å². The molecule has 0 saturated carbocycles. The first kappa shape index (κ1) is 14.2. The van der Waals surface area contributed by atoms with Gasteiger partial charge in [-0.05, 0) is 24.3 Å². The summed E-state index contributed by atoms with van der Waals surface area (Å²) in [6.07, 6.45) is 4.51. The molecule has 110 valence electrons. The summed E-state index contributed by atoms with van der Waals surface area (Å²) in [5.74, 6) is 0. The van der Waals surface area contributed by atoms with E-state index in [9.17, 15) is 4.79 Å². The van der Waals surface area contributed by atoms with Gasteiger partial charge in [0.05, 0.1) is 18.4 Å². The summed E-state index contributed by atoms with van der Waals surface area (Å²) in [6.45, 7) is 5.52. The molecule has 3 aromatic heterocycles. The lowest BCUT2D eigenvalue weighted by molar-refractivity contribution is 0.758. The van der Waals surface area contributed by atoms with Crippen LogP contribution in [0.5, 0.6) is 0 Å². The fourth-order valence-corrected chi connectivity index (χ4v) is 3.82. The quantitative estimate of drug-likeness (QED) is 0.785. The number of nitrogens with zero attached hydrogens (tertiary/aromatic N) is 3. The Morgan fingerprint density at radius 1 is 1.38 bits per heavy atom. The van der Waals surface area contributed by atoms with E-state index >= 15 is 0 Å².